The van der Waals surface area contributed by atoms with Crippen LogP contribution in [0.1, 0.15) is 0 Å². The predicted octanol–water partition coefficient (Wildman–Crippen LogP) is 4.19. The van der Waals surface area contributed by atoms with Crippen molar-refractivity contribution >= 4 is 41.2 Å². The second-order valence-electron chi connectivity index (χ2n) is 6.58. The smallest absolute Gasteiger partial charge is 0.414 e. The first-order valence-electron chi connectivity index (χ1n) is 8.77. The summed E-state index contributed by atoms with van der Waals surface area (Å²) in [6.07, 6.45) is 1.09. The van der Waals surface area contributed by atoms with Crippen molar-refractivity contribution in [3.8, 4) is 28.4 Å². The van der Waals surface area contributed by atoms with E-state index in [1.165, 1.54) is 21.7 Å². The Morgan fingerprint density at radius 3 is 2.80 bits per heavy atom. The van der Waals surface area contributed by atoms with E-state index in [9.17, 15) is 9.90 Å². The van der Waals surface area contributed by atoms with Crippen LogP contribution in [0.15, 0.2) is 53.7 Å². The number of hydrogen-bond donors (Lipinski definition) is 2. The van der Waals surface area contributed by atoms with Crippen LogP contribution in [0.4, 0.5) is 4.79 Å². The molecule has 0 unspecified atom stereocenters. The van der Waals surface area contributed by atoms with E-state index in [1.807, 2.05) is 30.3 Å². The third-order valence-electron chi connectivity index (χ3n) is 4.37. The van der Waals surface area contributed by atoms with E-state index in [1.54, 1.807) is 20.3 Å². The number of carbonyl (C=O) groups excluding carboxylic acids is 1. The maximum Gasteiger partial charge on any atom is 0.414 e. The SMILES string of the molecule is CN(C)C(=O)Oc1cc(O)c(-n2nnc(S)c2-c2cccc3ncccc23)cc1Cl. The Hall–Kier alpha value is -3.30. The summed E-state index contributed by atoms with van der Waals surface area (Å²) in [5.41, 5.74) is 2.40. The maximum atomic E-state index is 11.8. The van der Waals surface area contributed by atoms with Crippen LogP contribution in [0.25, 0.3) is 27.8 Å². The molecule has 30 heavy (non-hydrogen) atoms. The van der Waals surface area contributed by atoms with Crippen molar-refractivity contribution in [2.24, 2.45) is 0 Å². The standard InChI is InChI=1S/C20H16ClN5O3S/c1-25(2)20(28)29-17-10-16(27)15(9-13(17)21)26-18(19(30)23-24-26)12-5-3-7-14-11(12)6-4-8-22-14/h3-10,27,30H,1-2H3. The van der Waals surface area contributed by atoms with Gasteiger partial charge in [0, 0.05) is 37.3 Å². The molecule has 0 radical (unpaired) electrons. The number of hydrogen-bond acceptors (Lipinski definition) is 7. The number of amides is 1. The second kappa shape index (κ2) is 7.85. The fraction of sp³-hybridized carbons (Fsp3) is 0.100. The molecule has 0 saturated carbocycles. The number of phenolic OH excluding ortho intramolecular Hbond substituents is 1. The molecule has 1 amide bonds. The lowest BCUT2D eigenvalue weighted by atomic mass is 10.1. The van der Waals surface area contributed by atoms with Gasteiger partial charge in [0.25, 0.3) is 0 Å². The Bertz CT molecular complexity index is 1270. The van der Waals surface area contributed by atoms with E-state index in [2.05, 4.69) is 27.9 Å². The summed E-state index contributed by atoms with van der Waals surface area (Å²) in [4.78, 5) is 17.4. The van der Waals surface area contributed by atoms with Crippen molar-refractivity contribution in [3.05, 3.63) is 53.7 Å². The summed E-state index contributed by atoms with van der Waals surface area (Å²) >= 11 is 10.8. The molecule has 1 N–H and O–H groups in total. The minimum Gasteiger partial charge on any atom is -0.506 e. The first-order chi connectivity index (χ1) is 14.4. The number of nitrogens with zero attached hydrogens (tertiary/aromatic N) is 5. The van der Waals surface area contributed by atoms with Crippen LogP contribution >= 0.6 is 24.2 Å². The topological polar surface area (TPSA) is 93.4 Å². The lowest BCUT2D eigenvalue weighted by molar-refractivity contribution is 0.172. The van der Waals surface area contributed by atoms with Crippen LogP contribution in [0, 0.1) is 0 Å². The molecule has 0 bridgehead atoms. The zero-order chi connectivity index (χ0) is 21.4. The van der Waals surface area contributed by atoms with Gasteiger partial charge in [-0.3, -0.25) is 4.98 Å². The Kier molecular flexibility index (Phi) is 5.23. The van der Waals surface area contributed by atoms with Gasteiger partial charge in [0.1, 0.15) is 22.2 Å². The summed E-state index contributed by atoms with van der Waals surface area (Å²) in [6.45, 7) is 0. The van der Waals surface area contributed by atoms with E-state index in [0.717, 1.165) is 16.5 Å². The Morgan fingerprint density at radius 1 is 1.23 bits per heavy atom. The number of fused-ring (bicyclic) bond motifs is 1. The number of aromatic hydroxyl groups is 1. The van der Waals surface area contributed by atoms with E-state index < -0.39 is 6.09 Å². The number of pyridine rings is 1. The van der Waals surface area contributed by atoms with Crippen LogP contribution in [0.2, 0.25) is 5.02 Å². The van der Waals surface area contributed by atoms with E-state index in [-0.39, 0.29) is 22.2 Å². The van der Waals surface area contributed by atoms with Gasteiger partial charge in [-0.05, 0) is 18.2 Å². The van der Waals surface area contributed by atoms with Crippen molar-refractivity contribution in [1.29, 1.82) is 0 Å². The van der Waals surface area contributed by atoms with Gasteiger partial charge in [-0.1, -0.05) is 35.0 Å². The molecule has 0 saturated heterocycles. The van der Waals surface area contributed by atoms with Crippen molar-refractivity contribution < 1.29 is 14.6 Å². The maximum absolute atomic E-state index is 11.8. The van der Waals surface area contributed by atoms with Gasteiger partial charge >= 0.3 is 6.09 Å². The number of halogens is 1. The fourth-order valence-electron chi connectivity index (χ4n) is 2.95. The van der Waals surface area contributed by atoms with Gasteiger partial charge < -0.3 is 14.7 Å². The highest BCUT2D eigenvalue weighted by molar-refractivity contribution is 7.80. The average molecular weight is 442 g/mol. The summed E-state index contributed by atoms with van der Waals surface area (Å²) in [7, 11) is 3.08. The minimum atomic E-state index is -0.619. The molecule has 0 atom stereocenters. The normalized spacial score (nSPS) is 10.9. The molecule has 0 aliphatic heterocycles. The lowest BCUT2D eigenvalue weighted by Crippen LogP contribution is -2.25. The largest absolute Gasteiger partial charge is 0.506 e. The predicted molar refractivity (Wildman–Crippen MR) is 116 cm³/mol. The van der Waals surface area contributed by atoms with Crippen molar-refractivity contribution in [2.45, 2.75) is 5.03 Å². The molecule has 2 heterocycles. The van der Waals surface area contributed by atoms with Crippen molar-refractivity contribution in [1.82, 2.24) is 24.9 Å². The fourth-order valence-corrected chi connectivity index (χ4v) is 3.40. The van der Waals surface area contributed by atoms with Gasteiger partial charge in [0.15, 0.2) is 5.75 Å². The van der Waals surface area contributed by atoms with E-state index >= 15 is 0 Å². The summed E-state index contributed by atoms with van der Waals surface area (Å²) in [5.74, 6) is -0.169. The van der Waals surface area contributed by atoms with Crippen molar-refractivity contribution in [2.75, 3.05) is 14.1 Å². The zero-order valence-electron chi connectivity index (χ0n) is 15.9. The molecular weight excluding hydrogens is 426 g/mol. The van der Waals surface area contributed by atoms with Gasteiger partial charge in [0.05, 0.1) is 10.5 Å². The first-order valence-corrected chi connectivity index (χ1v) is 9.60. The molecule has 2 aromatic heterocycles. The quantitative estimate of drug-likeness (QED) is 0.463. The van der Waals surface area contributed by atoms with Gasteiger partial charge in [0.2, 0.25) is 0 Å². The highest BCUT2D eigenvalue weighted by atomic mass is 35.5. The highest BCUT2D eigenvalue weighted by Crippen LogP contribution is 2.38. The van der Waals surface area contributed by atoms with Crippen LogP contribution in [-0.2, 0) is 0 Å². The molecule has 0 aliphatic carbocycles. The third-order valence-corrected chi connectivity index (χ3v) is 4.97. The number of benzene rings is 2. The summed E-state index contributed by atoms with van der Waals surface area (Å²) < 4.78 is 6.62. The highest BCUT2D eigenvalue weighted by Gasteiger charge is 2.21. The average Bonchev–Trinajstić information content (AvgIpc) is 3.10. The van der Waals surface area contributed by atoms with Gasteiger partial charge in [-0.25, -0.2) is 9.48 Å². The molecule has 10 heteroatoms. The summed E-state index contributed by atoms with van der Waals surface area (Å²) in [6, 6.07) is 12.1. The zero-order valence-corrected chi connectivity index (χ0v) is 17.6. The lowest BCUT2D eigenvalue weighted by Gasteiger charge is -2.15. The number of phenols is 1. The number of aromatic nitrogens is 4. The molecule has 0 fully saturated rings. The Balaban J connectivity index is 1.86. The van der Waals surface area contributed by atoms with Gasteiger partial charge in [-0.2, -0.15) is 0 Å². The van der Waals surface area contributed by atoms with E-state index in [4.69, 9.17) is 16.3 Å². The number of thiol groups is 1. The van der Waals surface area contributed by atoms with Crippen LogP contribution in [0.5, 0.6) is 11.5 Å². The number of carbonyl (C=O) groups is 1. The monoisotopic (exact) mass is 441 g/mol. The van der Waals surface area contributed by atoms with Crippen LogP contribution in [-0.4, -0.2) is 50.2 Å². The molecule has 152 valence electrons. The van der Waals surface area contributed by atoms with Crippen LogP contribution in [0.3, 0.4) is 0 Å². The second-order valence-corrected chi connectivity index (χ2v) is 7.41. The van der Waals surface area contributed by atoms with E-state index in [0.29, 0.717) is 10.7 Å². The molecular formula is C20H16ClN5O3S. The molecule has 2 aromatic carbocycles. The molecule has 0 aliphatic rings. The molecule has 0 spiro atoms. The molecule has 8 nitrogen and oxygen atoms in total. The Labute approximate surface area is 182 Å². The Morgan fingerprint density at radius 2 is 2.03 bits per heavy atom. The number of rotatable bonds is 3. The van der Waals surface area contributed by atoms with Gasteiger partial charge in [-0.15, -0.1) is 17.7 Å². The van der Waals surface area contributed by atoms with Crippen molar-refractivity contribution in [3.63, 3.8) is 0 Å². The minimum absolute atomic E-state index is 0.0266. The third kappa shape index (κ3) is 3.53. The molecule has 4 aromatic rings. The first kappa shape index (κ1) is 20.0. The number of ether oxygens (including phenoxy) is 1. The van der Waals surface area contributed by atoms with Crippen LogP contribution < -0.4 is 4.74 Å². The molecule has 4 rings (SSSR count). The summed E-state index contributed by atoms with van der Waals surface area (Å²) in [5, 5.41) is 20.2.